The molecule has 0 saturated carbocycles. The summed E-state index contributed by atoms with van der Waals surface area (Å²) >= 11 is 0. The zero-order valence-electron chi connectivity index (χ0n) is 16.3. The van der Waals surface area contributed by atoms with Crippen LogP contribution in [0.5, 0.6) is 0 Å². The molecule has 152 valence electrons. The van der Waals surface area contributed by atoms with Crippen LogP contribution in [-0.2, 0) is 6.61 Å². The summed E-state index contributed by atoms with van der Waals surface area (Å²) in [6.45, 7) is 1.80. The van der Waals surface area contributed by atoms with Crippen molar-refractivity contribution in [3.05, 3.63) is 83.8 Å². The van der Waals surface area contributed by atoms with Crippen molar-refractivity contribution in [3.8, 4) is 5.69 Å². The Bertz CT molecular complexity index is 1190. The highest BCUT2D eigenvalue weighted by Crippen LogP contribution is 2.23. The summed E-state index contributed by atoms with van der Waals surface area (Å²) in [7, 11) is 0. The molecule has 0 aliphatic rings. The maximum Gasteiger partial charge on any atom is 0.254 e. The minimum Gasteiger partial charge on any atom is -0.390 e. The number of carbonyl (C=O) groups excluding carboxylic acids is 1. The third-order valence-corrected chi connectivity index (χ3v) is 4.93. The second-order valence-electron chi connectivity index (χ2n) is 6.83. The summed E-state index contributed by atoms with van der Waals surface area (Å²) in [4.78, 5) is 21.3. The first-order valence-corrected chi connectivity index (χ1v) is 9.55. The number of amides is 1. The van der Waals surface area contributed by atoms with Gasteiger partial charge in [-0.25, -0.2) is 9.07 Å². The summed E-state index contributed by atoms with van der Waals surface area (Å²) in [6.07, 6.45) is 7.01. The number of aliphatic hydroxyl groups is 1. The molecular weight excluding hydrogens is 385 g/mol. The van der Waals surface area contributed by atoms with Gasteiger partial charge in [0.1, 0.15) is 5.82 Å². The van der Waals surface area contributed by atoms with Crippen molar-refractivity contribution < 1.29 is 14.3 Å². The quantitative estimate of drug-likeness (QED) is 0.513. The monoisotopic (exact) mass is 405 g/mol. The Morgan fingerprint density at radius 1 is 1.20 bits per heavy atom. The fourth-order valence-electron chi connectivity index (χ4n) is 3.37. The smallest absolute Gasteiger partial charge is 0.254 e. The Kier molecular flexibility index (Phi) is 5.49. The second-order valence-corrected chi connectivity index (χ2v) is 6.83. The fraction of sp³-hybridized carbons (Fsp3) is 0.182. The number of hydrogen-bond donors (Lipinski definition) is 2. The van der Waals surface area contributed by atoms with Gasteiger partial charge in [-0.3, -0.25) is 14.8 Å². The minimum atomic E-state index is -0.334. The van der Waals surface area contributed by atoms with Crippen molar-refractivity contribution in [1.82, 2.24) is 25.1 Å². The van der Waals surface area contributed by atoms with Gasteiger partial charge in [0.2, 0.25) is 0 Å². The summed E-state index contributed by atoms with van der Waals surface area (Å²) < 4.78 is 14.9. The van der Waals surface area contributed by atoms with Crippen molar-refractivity contribution >= 4 is 16.8 Å². The third kappa shape index (κ3) is 3.77. The van der Waals surface area contributed by atoms with Gasteiger partial charge in [0.15, 0.2) is 0 Å². The van der Waals surface area contributed by atoms with E-state index in [9.17, 15) is 14.3 Å². The maximum atomic E-state index is 13.2. The van der Waals surface area contributed by atoms with Crippen LogP contribution in [-0.4, -0.2) is 30.8 Å². The zero-order valence-corrected chi connectivity index (χ0v) is 16.3. The number of benzene rings is 1. The number of nitrogens with zero attached hydrogens (tertiary/aromatic N) is 4. The van der Waals surface area contributed by atoms with E-state index < -0.39 is 0 Å². The van der Waals surface area contributed by atoms with Crippen LogP contribution in [0.2, 0.25) is 0 Å². The largest absolute Gasteiger partial charge is 0.390 e. The SMILES string of the molecule is CCC(NC(=O)c1cncc2c1cnn2-c1ccc(F)cc1)c1ccnc(CO)c1. The van der Waals surface area contributed by atoms with E-state index in [4.69, 9.17) is 0 Å². The van der Waals surface area contributed by atoms with E-state index in [0.29, 0.717) is 34.3 Å². The first-order valence-electron chi connectivity index (χ1n) is 9.55. The molecule has 0 radical (unpaired) electrons. The molecule has 0 bridgehead atoms. The fourth-order valence-corrected chi connectivity index (χ4v) is 3.37. The molecule has 0 fully saturated rings. The highest BCUT2D eigenvalue weighted by Gasteiger charge is 2.19. The lowest BCUT2D eigenvalue weighted by atomic mass is 10.0. The number of nitrogens with one attached hydrogen (secondary N) is 1. The molecule has 0 aliphatic heterocycles. The second kappa shape index (κ2) is 8.38. The molecule has 7 nitrogen and oxygen atoms in total. The van der Waals surface area contributed by atoms with E-state index >= 15 is 0 Å². The summed E-state index contributed by atoms with van der Waals surface area (Å²) in [5, 5.41) is 17.3. The van der Waals surface area contributed by atoms with Gasteiger partial charge in [-0.05, 0) is 48.4 Å². The van der Waals surface area contributed by atoms with Crippen LogP contribution in [0.15, 0.2) is 61.2 Å². The maximum absolute atomic E-state index is 13.2. The molecule has 1 aromatic carbocycles. The highest BCUT2D eigenvalue weighted by molar-refractivity contribution is 6.06. The van der Waals surface area contributed by atoms with Crippen molar-refractivity contribution in [2.24, 2.45) is 0 Å². The molecule has 1 atom stereocenters. The van der Waals surface area contributed by atoms with E-state index in [1.165, 1.54) is 18.3 Å². The number of pyridine rings is 2. The molecule has 0 spiro atoms. The molecule has 4 rings (SSSR count). The number of rotatable bonds is 6. The van der Waals surface area contributed by atoms with Crippen molar-refractivity contribution in [2.45, 2.75) is 26.0 Å². The molecule has 2 N–H and O–H groups in total. The first kappa shape index (κ1) is 19.7. The average Bonchev–Trinajstić information content (AvgIpc) is 3.22. The van der Waals surface area contributed by atoms with Crippen LogP contribution in [0.1, 0.15) is 41.0 Å². The zero-order chi connectivity index (χ0) is 21.1. The standard InChI is InChI=1S/C22H20FN5O2/c1-2-20(14-7-8-25-16(9-14)13-29)27-22(30)19-10-24-12-21-18(19)11-26-28(21)17-5-3-15(23)4-6-17/h3-12,20,29H,2,13H2,1H3,(H,27,30). The topological polar surface area (TPSA) is 92.9 Å². The number of aromatic nitrogens is 4. The molecule has 0 aliphatic carbocycles. The van der Waals surface area contributed by atoms with Gasteiger partial charge >= 0.3 is 0 Å². The Balaban J connectivity index is 1.65. The molecular formula is C22H20FN5O2. The molecule has 0 saturated heterocycles. The van der Waals surface area contributed by atoms with Gasteiger partial charge in [-0.1, -0.05) is 6.92 Å². The van der Waals surface area contributed by atoms with Gasteiger partial charge < -0.3 is 10.4 Å². The van der Waals surface area contributed by atoms with Crippen molar-refractivity contribution in [2.75, 3.05) is 0 Å². The molecule has 3 aromatic heterocycles. The van der Waals surface area contributed by atoms with Crippen LogP contribution < -0.4 is 5.32 Å². The summed E-state index contributed by atoms with van der Waals surface area (Å²) in [5.74, 6) is -0.611. The van der Waals surface area contributed by atoms with E-state index in [-0.39, 0.29) is 24.4 Å². The normalized spacial score (nSPS) is 12.1. The summed E-state index contributed by atoms with van der Waals surface area (Å²) in [5.41, 5.74) is 3.13. The third-order valence-electron chi connectivity index (χ3n) is 4.93. The lowest BCUT2D eigenvalue weighted by Gasteiger charge is -2.18. The van der Waals surface area contributed by atoms with E-state index in [0.717, 1.165) is 5.56 Å². The van der Waals surface area contributed by atoms with Gasteiger partial charge in [0.05, 0.1) is 47.5 Å². The molecule has 30 heavy (non-hydrogen) atoms. The highest BCUT2D eigenvalue weighted by atomic mass is 19.1. The van der Waals surface area contributed by atoms with Gasteiger partial charge in [-0.15, -0.1) is 0 Å². The van der Waals surface area contributed by atoms with Gasteiger partial charge in [0, 0.05) is 17.8 Å². The molecule has 1 amide bonds. The molecule has 4 aromatic rings. The Morgan fingerprint density at radius 3 is 2.73 bits per heavy atom. The summed E-state index contributed by atoms with van der Waals surface area (Å²) in [6, 6.07) is 9.29. The van der Waals surface area contributed by atoms with Crippen LogP contribution in [0.3, 0.4) is 0 Å². The average molecular weight is 405 g/mol. The number of halogens is 1. The minimum absolute atomic E-state index is 0.163. The van der Waals surface area contributed by atoms with E-state index in [1.807, 2.05) is 13.0 Å². The van der Waals surface area contributed by atoms with E-state index in [2.05, 4.69) is 20.4 Å². The van der Waals surface area contributed by atoms with Crippen LogP contribution in [0.4, 0.5) is 4.39 Å². The van der Waals surface area contributed by atoms with Gasteiger partial charge in [-0.2, -0.15) is 5.10 Å². The van der Waals surface area contributed by atoms with Crippen LogP contribution in [0, 0.1) is 5.82 Å². The Morgan fingerprint density at radius 2 is 2.00 bits per heavy atom. The molecule has 8 heteroatoms. The van der Waals surface area contributed by atoms with Crippen LogP contribution in [0.25, 0.3) is 16.6 Å². The Labute approximate surface area is 172 Å². The molecule has 1 unspecified atom stereocenters. The predicted octanol–water partition coefficient (Wildman–Crippen LogP) is 3.33. The molecule has 3 heterocycles. The van der Waals surface area contributed by atoms with Crippen molar-refractivity contribution in [1.29, 1.82) is 0 Å². The lowest BCUT2D eigenvalue weighted by Crippen LogP contribution is -2.28. The lowest BCUT2D eigenvalue weighted by molar-refractivity contribution is 0.0937. The van der Waals surface area contributed by atoms with Crippen LogP contribution >= 0.6 is 0 Å². The van der Waals surface area contributed by atoms with E-state index in [1.54, 1.807) is 41.5 Å². The van der Waals surface area contributed by atoms with Gasteiger partial charge in [0.25, 0.3) is 5.91 Å². The number of fused-ring (bicyclic) bond motifs is 1. The van der Waals surface area contributed by atoms with Crippen molar-refractivity contribution in [3.63, 3.8) is 0 Å². The first-order chi connectivity index (χ1) is 14.6. The number of hydrogen-bond acceptors (Lipinski definition) is 5. The predicted molar refractivity (Wildman–Crippen MR) is 109 cm³/mol. The number of aliphatic hydroxyl groups excluding tert-OH is 1. The Hall–Kier alpha value is -3.65. The number of carbonyl (C=O) groups is 1.